The van der Waals surface area contributed by atoms with E-state index in [-0.39, 0.29) is 17.2 Å². The highest BCUT2D eigenvalue weighted by Crippen LogP contribution is 2.19. The Labute approximate surface area is 143 Å². The van der Waals surface area contributed by atoms with Gasteiger partial charge in [0.15, 0.2) is 6.61 Å². The summed E-state index contributed by atoms with van der Waals surface area (Å²) in [5.41, 5.74) is 6.37. The van der Waals surface area contributed by atoms with Crippen molar-refractivity contribution in [1.82, 2.24) is 10.9 Å². The van der Waals surface area contributed by atoms with Gasteiger partial charge in [-0.2, -0.15) is 0 Å². The summed E-state index contributed by atoms with van der Waals surface area (Å²) in [5, 5.41) is -0.0478. The molecular formula is C17H16ClFN2O3. The van der Waals surface area contributed by atoms with Gasteiger partial charge in [-0.1, -0.05) is 23.7 Å². The maximum Gasteiger partial charge on any atom is 0.276 e. The number of amides is 2. The molecule has 5 nitrogen and oxygen atoms in total. The SMILES string of the molecule is Cc1ccc(C)c(OCC(=O)NNC(=O)c2ccc(F)cc2Cl)c1. The second kappa shape index (κ2) is 7.79. The van der Waals surface area contributed by atoms with Crippen LogP contribution in [0.5, 0.6) is 5.75 Å². The number of carbonyl (C=O) groups excluding carboxylic acids is 2. The first-order valence-electron chi connectivity index (χ1n) is 7.11. The Morgan fingerprint density at radius 2 is 1.88 bits per heavy atom. The molecule has 0 radical (unpaired) electrons. The van der Waals surface area contributed by atoms with Gasteiger partial charge in [0.05, 0.1) is 10.6 Å². The van der Waals surface area contributed by atoms with Crippen molar-refractivity contribution in [2.24, 2.45) is 0 Å². The third-order valence-corrected chi connectivity index (χ3v) is 3.51. The number of ether oxygens (including phenoxy) is 1. The summed E-state index contributed by atoms with van der Waals surface area (Å²) in [7, 11) is 0. The Morgan fingerprint density at radius 3 is 2.58 bits per heavy atom. The fraction of sp³-hybridized carbons (Fsp3) is 0.176. The molecule has 24 heavy (non-hydrogen) atoms. The molecule has 0 atom stereocenters. The van der Waals surface area contributed by atoms with Gasteiger partial charge in [0.2, 0.25) is 0 Å². The zero-order valence-electron chi connectivity index (χ0n) is 13.2. The number of benzene rings is 2. The largest absolute Gasteiger partial charge is 0.483 e. The van der Waals surface area contributed by atoms with E-state index in [4.69, 9.17) is 16.3 Å². The van der Waals surface area contributed by atoms with Gasteiger partial charge in [-0.05, 0) is 49.2 Å². The van der Waals surface area contributed by atoms with E-state index in [0.29, 0.717) is 5.75 Å². The standard InChI is InChI=1S/C17H16ClFN2O3/c1-10-3-4-11(2)15(7-10)24-9-16(22)20-21-17(23)13-6-5-12(19)8-14(13)18/h3-8H,9H2,1-2H3,(H,20,22)(H,21,23). The summed E-state index contributed by atoms with van der Waals surface area (Å²) >= 11 is 5.77. The van der Waals surface area contributed by atoms with Gasteiger partial charge in [0, 0.05) is 0 Å². The molecular weight excluding hydrogens is 335 g/mol. The number of carbonyl (C=O) groups is 2. The Bertz CT molecular complexity index is 780. The molecule has 0 aromatic heterocycles. The fourth-order valence-electron chi connectivity index (χ4n) is 1.91. The number of aryl methyl sites for hydroxylation is 2. The molecule has 2 aromatic carbocycles. The number of nitrogens with one attached hydrogen (secondary N) is 2. The van der Waals surface area contributed by atoms with Crippen LogP contribution in [0, 0.1) is 19.7 Å². The van der Waals surface area contributed by atoms with Crippen LogP contribution in [0.3, 0.4) is 0 Å². The quantitative estimate of drug-likeness (QED) is 0.833. The van der Waals surface area contributed by atoms with Crippen LogP contribution in [-0.4, -0.2) is 18.4 Å². The molecule has 2 N–H and O–H groups in total. The van der Waals surface area contributed by atoms with Gasteiger partial charge in [-0.25, -0.2) is 4.39 Å². The lowest BCUT2D eigenvalue weighted by Crippen LogP contribution is -2.43. The van der Waals surface area contributed by atoms with E-state index in [1.807, 2.05) is 32.0 Å². The normalized spacial score (nSPS) is 10.2. The van der Waals surface area contributed by atoms with Gasteiger partial charge in [-0.15, -0.1) is 0 Å². The Hall–Kier alpha value is -2.60. The average molecular weight is 351 g/mol. The summed E-state index contributed by atoms with van der Waals surface area (Å²) in [4.78, 5) is 23.6. The molecule has 0 saturated carbocycles. The van der Waals surface area contributed by atoms with E-state index in [9.17, 15) is 14.0 Å². The van der Waals surface area contributed by atoms with Crippen LogP contribution in [-0.2, 0) is 4.79 Å². The second-order valence-corrected chi connectivity index (χ2v) is 5.59. The zero-order chi connectivity index (χ0) is 17.7. The van der Waals surface area contributed by atoms with Gasteiger partial charge in [0.1, 0.15) is 11.6 Å². The summed E-state index contributed by atoms with van der Waals surface area (Å²) in [6, 6.07) is 9.00. The number of halogens is 2. The number of hydrogen-bond donors (Lipinski definition) is 2. The minimum Gasteiger partial charge on any atom is -0.483 e. The van der Waals surface area contributed by atoms with Crippen LogP contribution in [0.2, 0.25) is 5.02 Å². The molecule has 0 heterocycles. The van der Waals surface area contributed by atoms with E-state index in [2.05, 4.69) is 10.9 Å². The van der Waals surface area contributed by atoms with Gasteiger partial charge in [-0.3, -0.25) is 20.4 Å². The van der Waals surface area contributed by atoms with Crippen LogP contribution < -0.4 is 15.6 Å². The highest BCUT2D eigenvalue weighted by atomic mass is 35.5. The Morgan fingerprint density at radius 1 is 1.12 bits per heavy atom. The highest BCUT2D eigenvalue weighted by Gasteiger charge is 2.12. The summed E-state index contributed by atoms with van der Waals surface area (Å²) < 4.78 is 18.4. The van der Waals surface area contributed by atoms with E-state index in [1.54, 1.807) is 0 Å². The van der Waals surface area contributed by atoms with Gasteiger partial charge < -0.3 is 4.74 Å². The van der Waals surface area contributed by atoms with Gasteiger partial charge in [0.25, 0.3) is 11.8 Å². The predicted octanol–water partition coefficient (Wildman–Crippen LogP) is 2.94. The van der Waals surface area contributed by atoms with Crippen LogP contribution >= 0.6 is 11.6 Å². The summed E-state index contributed by atoms with van der Waals surface area (Å²) in [5.74, 6) is -1.15. The van der Waals surface area contributed by atoms with Crippen molar-refractivity contribution in [1.29, 1.82) is 0 Å². The monoisotopic (exact) mass is 350 g/mol. The lowest BCUT2D eigenvalue weighted by atomic mass is 10.1. The molecule has 2 rings (SSSR count). The molecule has 0 aliphatic rings. The van der Waals surface area contributed by atoms with Crippen molar-refractivity contribution >= 4 is 23.4 Å². The molecule has 0 fully saturated rings. The third-order valence-electron chi connectivity index (χ3n) is 3.19. The molecule has 0 bridgehead atoms. The molecule has 0 aliphatic carbocycles. The average Bonchev–Trinajstić information content (AvgIpc) is 2.53. The topological polar surface area (TPSA) is 67.4 Å². The first-order valence-corrected chi connectivity index (χ1v) is 7.49. The molecule has 0 spiro atoms. The molecule has 0 unspecified atom stereocenters. The van der Waals surface area contributed by atoms with E-state index in [1.165, 1.54) is 6.07 Å². The first-order chi connectivity index (χ1) is 11.4. The van der Waals surface area contributed by atoms with Crippen molar-refractivity contribution < 1.29 is 18.7 Å². The minimum atomic E-state index is -0.653. The van der Waals surface area contributed by atoms with Crippen molar-refractivity contribution in [3.63, 3.8) is 0 Å². The molecule has 0 saturated heterocycles. The Kier molecular flexibility index (Phi) is 5.76. The zero-order valence-corrected chi connectivity index (χ0v) is 13.9. The van der Waals surface area contributed by atoms with Crippen molar-refractivity contribution in [3.05, 3.63) is 63.9 Å². The highest BCUT2D eigenvalue weighted by molar-refractivity contribution is 6.33. The third kappa shape index (κ3) is 4.70. The number of rotatable bonds is 4. The molecule has 126 valence electrons. The second-order valence-electron chi connectivity index (χ2n) is 5.18. The number of hydrazine groups is 1. The van der Waals surface area contributed by atoms with Crippen LogP contribution in [0.1, 0.15) is 21.5 Å². The predicted molar refractivity (Wildman–Crippen MR) is 88.4 cm³/mol. The van der Waals surface area contributed by atoms with Crippen LogP contribution in [0.4, 0.5) is 4.39 Å². The summed E-state index contributed by atoms with van der Waals surface area (Å²) in [6.07, 6.45) is 0. The van der Waals surface area contributed by atoms with Crippen LogP contribution in [0.25, 0.3) is 0 Å². The minimum absolute atomic E-state index is 0.0478. The van der Waals surface area contributed by atoms with Crippen molar-refractivity contribution in [3.8, 4) is 5.75 Å². The fourth-order valence-corrected chi connectivity index (χ4v) is 2.16. The van der Waals surface area contributed by atoms with Crippen molar-refractivity contribution in [2.75, 3.05) is 6.61 Å². The molecule has 2 aromatic rings. The van der Waals surface area contributed by atoms with Gasteiger partial charge >= 0.3 is 0 Å². The van der Waals surface area contributed by atoms with Crippen molar-refractivity contribution in [2.45, 2.75) is 13.8 Å². The summed E-state index contributed by atoms with van der Waals surface area (Å²) in [6.45, 7) is 3.52. The maximum atomic E-state index is 12.9. The maximum absolute atomic E-state index is 12.9. The Balaban J connectivity index is 1.86. The van der Waals surface area contributed by atoms with Crippen LogP contribution in [0.15, 0.2) is 36.4 Å². The molecule has 2 amide bonds. The lowest BCUT2D eigenvalue weighted by Gasteiger charge is -2.11. The van der Waals surface area contributed by atoms with E-state index >= 15 is 0 Å². The lowest BCUT2D eigenvalue weighted by molar-refractivity contribution is -0.123. The molecule has 0 aliphatic heterocycles. The van der Waals surface area contributed by atoms with E-state index < -0.39 is 17.6 Å². The first kappa shape index (κ1) is 17.7. The molecule has 7 heteroatoms. The van der Waals surface area contributed by atoms with E-state index in [0.717, 1.165) is 23.3 Å². The smallest absolute Gasteiger partial charge is 0.276 e. The number of hydrogen-bond acceptors (Lipinski definition) is 3.